The van der Waals surface area contributed by atoms with Gasteiger partial charge < -0.3 is 14.8 Å². The Morgan fingerprint density at radius 2 is 1.84 bits per heavy atom. The van der Waals surface area contributed by atoms with E-state index in [0.717, 1.165) is 28.3 Å². The molecule has 4 rings (SSSR count). The summed E-state index contributed by atoms with van der Waals surface area (Å²) in [5, 5.41) is 3.99. The topological polar surface area (TPSA) is 49.6 Å². The van der Waals surface area contributed by atoms with Crippen LogP contribution in [0.1, 0.15) is 17.0 Å². The first-order chi connectivity index (χ1) is 14.8. The Kier molecular flexibility index (Phi) is 5.94. The highest BCUT2D eigenvalue weighted by Gasteiger charge is 2.24. The van der Waals surface area contributed by atoms with Crippen LogP contribution in [0.2, 0.25) is 5.02 Å². The molecule has 0 saturated carbocycles. The zero-order chi connectivity index (χ0) is 22.1. The van der Waals surface area contributed by atoms with Crippen molar-refractivity contribution in [1.29, 1.82) is 0 Å². The number of aryl methyl sites for hydroxylation is 1. The predicted molar refractivity (Wildman–Crippen MR) is 132 cm³/mol. The van der Waals surface area contributed by atoms with Crippen LogP contribution in [-0.4, -0.2) is 29.7 Å². The lowest BCUT2D eigenvalue weighted by molar-refractivity contribution is -0.115. The second kappa shape index (κ2) is 8.65. The number of halogens is 1. The molecule has 0 aliphatic carbocycles. The average molecular weight is 451 g/mol. The minimum Gasteiger partial charge on any atom is -0.378 e. The Hall–Kier alpha value is -2.96. The average Bonchev–Trinajstić information content (AvgIpc) is 3.20. The number of hydrogen-bond acceptors (Lipinski definition) is 4. The van der Waals surface area contributed by atoms with Crippen LogP contribution in [0.4, 0.5) is 11.4 Å². The van der Waals surface area contributed by atoms with Crippen LogP contribution >= 0.6 is 23.4 Å². The van der Waals surface area contributed by atoms with Crippen LogP contribution < -0.4 is 10.2 Å². The van der Waals surface area contributed by atoms with E-state index in [2.05, 4.69) is 64.0 Å². The van der Waals surface area contributed by atoms with E-state index in [1.54, 1.807) is 12.1 Å². The number of nitrogens with one attached hydrogen (secondary N) is 1. The molecule has 0 radical (unpaired) electrons. The fourth-order valence-corrected chi connectivity index (χ4v) is 4.53. The van der Waals surface area contributed by atoms with Crippen molar-refractivity contribution in [3.63, 3.8) is 0 Å². The molecule has 1 aromatic heterocycles. The second-order valence-corrected chi connectivity index (χ2v) is 9.00. The molecule has 1 saturated heterocycles. The molecule has 1 fully saturated rings. The smallest absolute Gasteiger partial charge is 0.264 e. The number of amidine groups is 1. The number of anilines is 1. The summed E-state index contributed by atoms with van der Waals surface area (Å²) < 4.78 is 2.20. The molecule has 1 amide bonds. The minimum absolute atomic E-state index is 0.147. The Morgan fingerprint density at radius 3 is 2.52 bits per heavy atom. The first-order valence-electron chi connectivity index (χ1n) is 9.83. The largest absolute Gasteiger partial charge is 0.378 e. The van der Waals surface area contributed by atoms with Crippen LogP contribution in [0.5, 0.6) is 0 Å². The van der Waals surface area contributed by atoms with Gasteiger partial charge in [0, 0.05) is 41.9 Å². The molecule has 158 valence electrons. The van der Waals surface area contributed by atoms with Crippen LogP contribution in [0, 0.1) is 13.8 Å². The van der Waals surface area contributed by atoms with Crippen molar-refractivity contribution in [2.75, 3.05) is 19.0 Å². The summed E-state index contributed by atoms with van der Waals surface area (Å²) in [5.74, 6) is -0.147. The maximum Gasteiger partial charge on any atom is 0.264 e. The third-order valence-corrected chi connectivity index (χ3v) is 6.22. The van der Waals surface area contributed by atoms with Gasteiger partial charge in [-0.15, -0.1) is 0 Å². The lowest BCUT2D eigenvalue weighted by Gasteiger charge is -2.14. The molecule has 7 heteroatoms. The third-order valence-electron chi connectivity index (χ3n) is 5.07. The zero-order valence-electron chi connectivity index (χ0n) is 17.8. The normalized spacial score (nSPS) is 16.2. The molecule has 1 aliphatic heterocycles. The summed E-state index contributed by atoms with van der Waals surface area (Å²) in [5.41, 5.74) is 6.15. The maximum absolute atomic E-state index is 12.5. The number of rotatable bonds is 4. The van der Waals surface area contributed by atoms with Gasteiger partial charge in [0.25, 0.3) is 5.91 Å². The quantitative estimate of drug-likeness (QED) is 0.518. The Bertz CT molecular complexity index is 1210. The molecule has 1 aliphatic rings. The van der Waals surface area contributed by atoms with Crippen LogP contribution in [0.3, 0.4) is 0 Å². The summed E-state index contributed by atoms with van der Waals surface area (Å²) >= 11 is 7.36. The molecule has 31 heavy (non-hydrogen) atoms. The van der Waals surface area contributed by atoms with Gasteiger partial charge in [-0.25, -0.2) is 4.99 Å². The van der Waals surface area contributed by atoms with Crippen molar-refractivity contribution >= 4 is 51.9 Å². The number of aliphatic imine (C=N–C) groups is 1. The van der Waals surface area contributed by atoms with Crippen LogP contribution in [0.25, 0.3) is 11.8 Å². The molecular weight excluding hydrogens is 428 g/mol. The van der Waals surface area contributed by atoms with Gasteiger partial charge in [0.15, 0.2) is 5.17 Å². The van der Waals surface area contributed by atoms with E-state index in [1.807, 2.05) is 32.3 Å². The SMILES string of the molecule is Cc1cc(/C=C2\SC(=Nc3cccc(Cl)c3)NC2=O)c(C)n1-c1ccc(N(C)C)cc1. The Morgan fingerprint density at radius 1 is 1.10 bits per heavy atom. The number of nitrogens with zero attached hydrogens (tertiary/aromatic N) is 3. The van der Waals surface area contributed by atoms with Crippen molar-refractivity contribution in [2.45, 2.75) is 13.8 Å². The van der Waals surface area contributed by atoms with Crippen molar-refractivity contribution < 1.29 is 4.79 Å². The van der Waals surface area contributed by atoms with E-state index in [4.69, 9.17) is 11.6 Å². The molecule has 1 N–H and O–H groups in total. The minimum atomic E-state index is -0.147. The molecule has 2 aromatic carbocycles. The van der Waals surface area contributed by atoms with Gasteiger partial charge >= 0.3 is 0 Å². The molecular formula is C24H23ClN4OS. The van der Waals surface area contributed by atoms with E-state index in [0.29, 0.717) is 20.8 Å². The molecule has 2 heterocycles. The second-order valence-electron chi connectivity index (χ2n) is 7.53. The number of thioether (sulfide) groups is 1. The number of carbonyl (C=O) groups is 1. The summed E-state index contributed by atoms with van der Waals surface area (Å²) in [6.45, 7) is 4.14. The summed E-state index contributed by atoms with van der Waals surface area (Å²) in [4.78, 5) is 19.7. The monoisotopic (exact) mass is 450 g/mol. The number of hydrogen-bond donors (Lipinski definition) is 1. The lowest BCUT2D eigenvalue weighted by Crippen LogP contribution is -2.19. The first-order valence-corrected chi connectivity index (χ1v) is 11.0. The molecule has 0 bridgehead atoms. The van der Waals surface area contributed by atoms with E-state index >= 15 is 0 Å². The van der Waals surface area contributed by atoms with E-state index in [-0.39, 0.29) is 5.91 Å². The molecule has 0 spiro atoms. The van der Waals surface area contributed by atoms with E-state index in [9.17, 15) is 4.79 Å². The van der Waals surface area contributed by atoms with Crippen LogP contribution in [-0.2, 0) is 4.79 Å². The van der Waals surface area contributed by atoms with Gasteiger partial charge in [0.2, 0.25) is 0 Å². The van der Waals surface area contributed by atoms with Gasteiger partial charge in [-0.1, -0.05) is 17.7 Å². The van der Waals surface area contributed by atoms with Gasteiger partial charge in [-0.3, -0.25) is 4.79 Å². The number of benzene rings is 2. The molecule has 0 atom stereocenters. The van der Waals surface area contributed by atoms with E-state index < -0.39 is 0 Å². The fraction of sp³-hybridized carbons (Fsp3) is 0.167. The van der Waals surface area contributed by atoms with Crippen molar-refractivity contribution in [3.05, 3.63) is 81.5 Å². The molecule has 0 unspecified atom stereocenters. The van der Waals surface area contributed by atoms with Gasteiger partial charge in [-0.05, 0) is 85.8 Å². The highest BCUT2D eigenvalue weighted by Crippen LogP contribution is 2.31. The predicted octanol–water partition coefficient (Wildman–Crippen LogP) is 5.71. The summed E-state index contributed by atoms with van der Waals surface area (Å²) in [7, 11) is 4.06. The van der Waals surface area contributed by atoms with Gasteiger partial charge in [-0.2, -0.15) is 0 Å². The Balaban J connectivity index is 1.62. The third kappa shape index (κ3) is 4.55. The highest BCUT2D eigenvalue weighted by atomic mass is 35.5. The van der Waals surface area contributed by atoms with Gasteiger partial charge in [0.05, 0.1) is 10.6 Å². The van der Waals surface area contributed by atoms with Gasteiger partial charge in [0.1, 0.15) is 0 Å². The Labute approximate surface area is 191 Å². The first kappa shape index (κ1) is 21.3. The summed E-state index contributed by atoms with van der Waals surface area (Å²) in [6, 6.07) is 17.8. The molecule has 5 nitrogen and oxygen atoms in total. The summed E-state index contributed by atoms with van der Waals surface area (Å²) in [6.07, 6.45) is 1.92. The van der Waals surface area contributed by atoms with Crippen LogP contribution in [0.15, 0.2) is 64.5 Å². The maximum atomic E-state index is 12.5. The number of amides is 1. The fourth-order valence-electron chi connectivity index (χ4n) is 3.52. The van der Waals surface area contributed by atoms with Crippen molar-refractivity contribution in [3.8, 4) is 5.69 Å². The van der Waals surface area contributed by atoms with E-state index in [1.165, 1.54) is 11.8 Å². The standard InChI is InChI=1S/C24H23ClN4OS/c1-15-12-17(16(2)29(15)21-10-8-20(9-11-21)28(3)4)13-22-23(30)27-24(31-22)26-19-7-5-6-18(25)14-19/h5-14H,1-4H3,(H,26,27,30)/b22-13-. The zero-order valence-corrected chi connectivity index (χ0v) is 19.4. The van der Waals surface area contributed by atoms with Crippen molar-refractivity contribution in [2.24, 2.45) is 4.99 Å². The lowest BCUT2D eigenvalue weighted by atomic mass is 10.2. The number of aromatic nitrogens is 1. The molecule has 3 aromatic rings. The van der Waals surface area contributed by atoms with Crippen molar-refractivity contribution in [1.82, 2.24) is 9.88 Å². The number of carbonyl (C=O) groups excluding carboxylic acids is 1. The highest BCUT2D eigenvalue weighted by molar-refractivity contribution is 8.18.